The number of carbonyl (C=O) groups is 2. The monoisotopic (exact) mass is 419 g/mol. The van der Waals surface area contributed by atoms with E-state index in [1.807, 2.05) is 23.6 Å². The molecule has 0 saturated heterocycles. The van der Waals surface area contributed by atoms with Crippen molar-refractivity contribution in [3.63, 3.8) is 0 Å². The quantitative estimate of drug-likeness (QED) is 0.393. The van der Waals surface area contributed by atoms with Gasteiger partial charge in [-0.05, 0) is 63.2 Å². The Morgan fingerprint density at radius 2 is 1.87 bits per heavy atom. The van der Waals surface area contributed by atoms with E-state index in [0.717, 1.165) is 28.0 Å². The summed E-state index contributed by atoms with van der Waals surface area (Å²) in [6.45, 7) is 4.39. The van der Waals surface area contributed by atoms with Crippen molar-refractivity contribution in [2.75, 3.05) is 0 Å². The summed E-state index contributed by atoms with van der Waals surface area (Å²) in [6, 6.07) is 14.7. The van der Waals surface area contributed by atoms with Gasteiger partial charge in [-0.1, -0.05) is 50.3 Å². The van der Waals surface area contributed by atoms with Crippen molar-refractivity contribution in [1.82, 2.24) is 5.48 Å². The third kappa shape index (κ3) is 3.34. The Bertz CT molecular complexity index is 1180. The summed E-state index contributed by atoms with van der Waals surface area (Å²) < 4.78 is 0. The largest absolute Gasteiger partial charge is 0.478 e. The molecule has 0 atom stereocenters. The van der Waals surface area contributed by atoms with E-state index in [9.17, 15) is 19.9 Å². The lowest BCUT2D eigenvalue weighted by Crippen LogP contribution is -2.23. The van der Waals surface area contributed by atoms with Gasteiger partial charge in [0.05, 0.1) is 11.1 Å². The third-order valence-corrected chi connectivity index (χ3v) is 6.48. The Balaban J connectivity index is 1.95. The van der Waals surface area contributed by atoms with Crippen LogP contribution in [0.2, 0.25) is 0 Å². The maximum Gasteiger partial charge on any atom is 0.336 e. The van der Waals surface area contributed by atoms with Gasteiger partial charge in [-0.2, -0.15) is 0 Å². The van der Waals surface area contributed by atoms with Crippen LogP contribution >= 0.6 is 11.3 Å². The number of allylic oxidation sites excluding steroid dienone is 1. The molecule has 0 aliphatic heterocycles. The summed E-state index contributed by atoms with van der Waals surface area (Å²) in [6.07, 6.45) is 3.16. The average Bonchev–Trinajstić information content (AvgIpc) is 3.26. The molecule has 0 saturated carbocycles. The standard InChI is InChI=1S/C24H21NO4S/c1-24(2)11-10-16(20-7-4-12-30-20)18-13-14(8-9-19(18)24)15-5-3-6-17(23(27)28)21(15)22(26)25-29/h3-10,12-13,29H,11H2,1-2H3,(H,25,26)(H,27,28). The minimum absolute atomic E-state index is 0.0389. The van der Waals surface area contributed by atoms with Crippen molar-refractivity contribution in [3.05, 3.63) is 87.1 Å². The van der Waals surface area contributed by atoms with E-state index < -0.39 is 11.9 Å². The highest BCUT2D eigenvalue weighted by atomic mass is 32.1. The van der Waals surface area contributed by atoms with Gasteiger partial charge in [0.25, 0.3) is 5.91 Å². The molecule has 0 fully saturated rings. The summed E-state index contributed by atoms with van der Waals surface area (Å²) >= 11 is 1.67. The first-order valence-corrected chi connectivity index (χ1v) is 10.4. The fourth-order valence-corrected chi connectivity index (χ4v) is 4.82. The number of carboxylic acids is 1. The molecular formula is C24H21NO4S. The number of nitrogens with one attached hydrogen (secondary N) is 1. The van der Waals surface area contributed by atoms with Gasteiger partial charge in [-0.25, -0.2) is 10.3 Å². The molecule has 152 valence electrons. The molecule has 0 radical (unpaired) electrons. The van der Waals surface area contributed by atoms with Gasteiger partial charge in [0.1, 0.15) is 0 Å². The van der Waals surface area contributed by atoms with Crippen LogP contribution in [0, 0.1) is 0 Å². The second kappa shape index (κ2) is 7.55. The van der Waals surface area contributed by atoms with Crippen molar-refractivity contribution < 1.29 is 19.9 Å². The number of hydroxylamine groups is 1. The molecule has 0 spiro atoms. The van der Waals surface area contributed by atoms with Crippen molar-refractivity contribution in [3.8, 4) is 11.1 Å². The van der Waals surface area contributed by atoms with Crippen LogP contribution in [0.4, 0.5) is 0 Å². The molecule has 3 aromatic rings. The van der Waals surface area contributed by atoms with Gasteiger partial charge < -0.3 is 5.11 Å². The van der Waals surface area contributed by atoms with E-state index in [2.05, 4.69) is 32.1 Å². The average molecular weight is 420 g/mol. The van der Waals surface area contributed by atoms with E-state index in [-0.39, 0.29) is 16.5 Å². The number of amides is 1. The van der Waals surface area contributed by atoms with Crippen LogP contribution in [0.1, 0.15) is 57.0 Å². The minimum atomic E-state index is -1.23. The van der Waals surface area contributed by atoms with Crippen LogP contribution in [0.15, 0.2) is 60.0 Å². The number of benzene rings is 2. The predicted molar refractivity (Wildman–Crippen MR) is 117 cm³/mol. The lowest BCUT2D eigenvalue weighted by molar-refractivity contribution is 0.0662. The lowest BCUT2D eigenvalue weighted by Gasteiger charge is -2.32. The molecule has 6 heteroatoms. The minimum Gasteiger partial charge on any atom is -0.478 e. The molecule has 0 unspecified atom stereocenters. The number of carbonyl (C=O) groups excluding carboxylic acids is 1. The first kappa shape index (κ1) is 20.1. The molecule has 4 rings (SSSR count). The van der Waals surface area contributed by atoms with Crippen LogP contribution < -0.4 is 5.48 Å². The Morgan fingerprint density at radius 1 is 1.07 bits per heavy atom. The van der Waals surface area contributed by atoms with E-state index >= 15 is 0 Å². The van der Waals surface area contributed by atoms with Crippen LogP contribution in [0.3, 0.4) is 0 Å². The zero-order valence-corrected chi connectivity index (χ0v) is 17.4. The molecule has 1 amide bonds. The van der Waals surface area contributed by atoms with E-state index in [1.54, 1.807) is 28.9 Å². The number of carboxylic acid groups (broad SMARTS) is 1. The predicted octanol–water partition coefficient (Wildman–Crippen LogP) is 5.35. The summed E-state index contributed by atoms with van der Waals surface area (Å²) in [5.41, 5.74) is 5.91. The van der Waals surface area contributed by atoms with Crippen molar-refractivity contribution in [2.24, 2.45) is 0 Å². The molecule has 1 aliphatic rings. The van der Waals surface area contributed by atoms with Gasteiger partial charge in [-0.3, -0.25) is 10.0 Å². The highest BCUT2D eigenvalue weighted by Gasteiger charge is 2.30. The van der Waals surface area contributed by atoms with Crippen LogP contribution in [-0.2, 0) is 5.41 Å². The first-order chi connectivity index (χ1) is 14.3. The molecule has 1 aliphatic carbocycles. The summed E-state index contributed by atoms with van der Waals surface area (Å²) in [5.74, 6) is -2.08. The maximum atomic E-state index is 12.3. The smallest absolute Gasteiger partial charge is 0.336 e. The van der Waals surface area contributed by atoms with E-state index in [4.69, 9.17) is 0 Å². The van der Waals surface area contributed by atoms with Gasteiger partial charge in [0.15, 0.2) is 0 Å². The molecule has 0 bridgehead atoms. The number of aromatic carboxylic acids is 1. The van der Waals surface area contributed by atoms with Gasteiger partial charge >= 0.3 is 5.97 Å². The molecule has 1 heterocycles. The van der Waals surface area contributed by atoms with Crippen molar-refractivity contribution in [1.29, 1.82) is 0 Å². The number of hydrogen-bond donors (Lipinski definition) is 3. The second-order valence-corrected chi connectivity index (χ2v) is 8.87. The Morgan fingerprint density at radius 3 is 2.53 bits per heavy atom. The highest BCUT2D eigenvalue weighted by molar-refractivity contribution is 7.11. The molecule has 1 aromatic heterocycles. The first-order valence-electron chi connectivity index (χ1n) is 9.53. The summed E-state index contributed by atoms with van der Waals surface area (Å²) in [5, 5.41) is 20.8. The Kier molecular flexibility index (Phi) is 5.05. The fraction of sp³-hybridized carbons (Fsp3) is 0.167. The number of hydrogen-bond acceptors (Lipinski definition) is 4. The SMILES string of the molecule is CC1(C)CC=C(c2cccs2)c2cc(-c3cccc(C(=O)O)c3C(=O)NO)ccc21. The molecule has 5 nitrogen and oxygen atoms in total. The van der Waals surface area contributed by atoms with Gasteiger partial charge in [0.2, 0.25) is 0 Å². The van der Waals surface area contributed by atoms with Crippen molar-refractivity contribution >= 4 is 28.8 Å². The molecule has 3 N–H and O–H groups in total. The van der Waals surface area contributed by atoms with E-state index in [1.165, 1.54) is 11.6 Å². The highest BCUT2D eigenvalue weighted by Crippen LogP contribution is 2.44. The number of thiophene rings is 1. The second-order valence-electron chi connectivity index (χ2n) is 7.92. The van der Waals surface area contributed by atoms with Crippen LogP contribution in [0.25, 0.3) is 16.7 Å². The normalized spacial score (nSPS) is 14.6. The van der Waals surface area contributed by atoms with Crippen molar-refractivity contribution in [2.45, 2.75) is 25.7 Å². The zero-order valence-electron chi connectivity index (χ0n) is 16.6. The number of rotatable bonds is 4. The fourth-order valence-electron chi connectivity index (χ4n) is 4.04. The van der Waals surface area contributed by atoms with Gasteiger partial charge in [-0.15, -0.1) is 11.3 Å². The number of fused-ring (bicyclic) bond motifs is 1. The topological polar surface area (TPSA) is 86.6 Å². The zero-order chi connectivity index (χ0) is 21.5. The summed E-state index contributed by atoms with van der Waals surface area (Å²) in [7, 11) is 0. The molecule has 2 aromatic carbocycles. The van der Waals surface area contributed by atoms with Gasteiger partial charge in [0, 0.05) is 4.88 Å². The van der Waals surface area contributed by atoms with Crippen LogP contribution in [-0.4, -0.2) is 22.2 Å². The van der Waals surface area contributed by atoms with Crippen LogP contribution in [0.5, 0.6) is 0 Å². The Hall–Kier alpha value is -3.22. The molecule has 30 heavy (non-hydrogen) atoms. The Labute approximate surface area is 178 Å². The maximum absolute atomic E-state index is 12.3. The third-order valence-electron chi connectivity index (χ3n) is 5.58. The summed E-state index contributed by atoms with van der Waals surface area (Å²) in [4.78, 5) is 25.2. The molecular weight excluding hydrogens is 398 g/mol. The van der Waals surface area contributed by atoms with E-state index in [0.29, 0.717) is 5.56 Å². The lowest BCUT2D eigenvalue weighted by atomic mass is 9.72.